The maximum absolute atomic E-state index is 12.8. The van der Waals surface area contributed by atoms with Crippen molar-refractivity contribution in [2.75, 3.05) is 32.7 Å². The quantitative estimate of drug-likeness (QED) is 0.767. The molecule has 9 heteroatoms. The highest BCUT2D eigenvalue weighted by Gasteiger charge is 2.34. The number of nitrogens with one attached hydrogen (secondary N) is 1. The standard InChI is InChI=1S/C18H27N3O4S2/c1-14-6-7-17(26-14)27(24,25)21-12-4-5-15(13-21)18(23)19-9-8-16(22)20-10-2-3-11-20/h6-7,15H,2-5,8-13H2,1H3,(H,19,23). The fraction of sp³-hybridized carbons (Fsp3) is 0.667. The first-order chi connectivity index (χ1) is 12.9. The molecule has 1 aromatic heterocycles. The number of piperidine rings is 1. The van der Waals surface area contributed by atoms with E-state index < -0.39 is 10.0 Å². The molecule has 27 heavy (non-hydrogen) atoms. The van der Waals surface area contributed by atoms with E-state index >= 15 is 0 Å². The van der Waals surface area contributed by atoms with Crippen molar-refractivity contribution in [1.82, 2.24) is 14.5 Å². The Kier molecular flexibility index (Phi) is 6.54. The second-order valence-electron chi connectivity index (χ2n) is 7.20. The van der Waals surface area contributed by atoms with Gasteiger partial charge >= 0.3 is 0 Å². The monoisotopic (exact) mass is 413 g/mol. The molecule has 1 N–H and O–H groups in total. The van der Waals surface area contributed by atoms with E-state index in [1.54, 1.807) is 12.1 Å². The molecule has 1 atom stereocenters. The van der Waals surface area contributed by atoms with Gasteiger partial charge in [0, 0.05) is 44.0 Å². The third-order valence-electron chi connectivity index (χ3n) is 5.16. The number of rotatable bonds is 6. The maximum Gasteiger partial charge on any atom is 0.252 e. The van der Waals surface area contributed by atoms with Crippen molar-refractivity contribution in [2.45, 2.75) is 43.2 Å². The van der Waals surface area contributed by atoms with E-state index in [-0.39, 0.29) is 24.3 Å². The Bertz CT molecular complexity index is 784. The van der Waals surface area contributed by atoms with E-state index in [1.165, 1.54) is 15.6 Å². The molecular weight excluding hydrogens is 386 g/mol. The molecule has 2 aliphatic rings. The zero-order valence-corrected chi connectivity index (χ0v) is 17.3. The summed E-state index contributed by atoms with van der Waals surface area (Å²) in [5, 5.41) is 2.82. The number of sulfonamides is 1. The maximum atomic E-state index is 12.8. The van der Waals surface area contributed by atoms with Gasteiger partial charge in [-0.25, -0.2) is 8.42 Å². The number of carbonyl (C=O) groups excluding carboxylic acids is 2. The summed E-state index contributed by atoms with van der Waals surface area (Å²) in [7, 11) is -3.54. The molecular formula is C18H27N3O4S2. The van der Waals surface area contributed by atoms with Crippen LogP contribution < -0.4 is 5.32 Å². The van der Waals surface area contributed by atoms with Crippen LogP contribution in [0.1, 0.15) is 37.0 Å². The van der Waals surface area contributed by atoms with Crippen molar-refractivity contribution in [2.24, 2.45) is 5.92 Å². The van der Waals surface area contributed by atoms with Gasteiger partial charge < -0.3 is 10.2 Å². The second-order valence-corrected chi connectivity index (χ2v) is 10.6. The lowest BCUT2D eigenvalue weighted by atomic mass is 9.99. The molecule has 2 amide bonds. The Morgan fingerprint density at radius 2 is 1.93 bits per heavy atom. The van der Waals surface area contributed by atoms with Gasteiger partial charge in [0.15, 0.2) is 0 Å². The summed E-state index contributed by atoms with van der Waals surface area (Å²) in [6.07, 6.45) is 3.73. The van der Waals surface area contributed by atoms with Gasteiger partial charge in [0.1, 0.15) is 4.21 Å². The normalized spacial score (nSPS) is 21.4. The van der Waals surface area contributed by atoms with E-state index in [9.17, 15) is 18.0 Å². The molecule has 0 bridgehead atoms. The number of aryl methyl sites for hydroxylation is 1. The number of nitrogens with zero attached hydrogens (tertiary/aromatic N) is 2. The predicted molar refractivity (Wildman–Crippen MR) is 104 cm³/mol. The van der Waals surface area contributed by atoms with Gasteiger partial charge in [-0.3, -0.25) is 9.59 Å². The SMILES string of the molecule is Cc1ccc(S(=O)(=O)N2CCCC(C(=O)NCCC(=O)N3CCCC3)C2)s1. The molecule has 1 aromatic rings. The van der Waals surface area contributed by atoms with Crippen LogP contribution in [0.4, 0.5) is 0 Å². The molecule has 0 saturated carbocycles. The Hall–Kier alpha value is -1.45. The summed E-state index contributed by atoms with van der Waals surface area (Å²) >= 11 is 1.25. The number of hydrogen-bond acceptors (Lipinski definition) is 5. The van der Waals surface area contributed by atoms with Gasteiger partial charge in [-0.1, -0.05) is 0 Å². The van der Waals surface area contributed by atoms with Gasteiger partial charge in [-0.2, -0.15) is 4.31 Å². The summed E-state index contributed by atoms with van der Waals surface area (Å²) < 4.78 is 27.3. The Morgan fingerprint density at radius 3 is 2.59 bits per heavy atom. The van der Waals surface area contributed by atoms with Gasteiger partial charge in [-0.15, -0.1) is 11.3 Å². The largest absolute Gasteiger partial charge is 0.355 e. The molecule has 1 unspecified atom stereocenters. The fourth-order valence-electron chi connectivity index (χ4n) is 3.61. The zero-order chi connectivity index (χ0) is 19.4. The van der Waals surface area contributed by atoms with Crippen molar-refractivity contribution in [3.8, 4) is 0 Å². The van der Waals surface area contributed by atoms with Crippen LogP contribution in [-0.2, 0) is 19.6 Å². The molecule has 3 heterocycles. The summed E-state index contributed by atoms with van der Waals surface area (Å²) in [4.78, 5) is 27.3. The van der Waals surface area contributed by atoms with Crippen LogP contribution in [0.5, 0.6) is 0 Å². The van der Waals surface area contributed by atoms with Crippen LogP contribution in [0.15, 0.2) is 16.3 Å². The van der Waals surface area contributed by atoms with E-state index in [2.05, 4.69) is 5.32 Å². The highest BCUT2D eigenvalue weighted by molar-refractivity contribution is 7.91. The topological polar surface area (TPSA) is 86.8 Å². The van der Waals surface area contributed by atoms with Crippen LogP contribution >= 0.6 is 11.3 Å². The van der Waals surface area contributed by atoms with Crippen molar-refractivity contribution in [1.29, 1.82) is 0 Å². The highest BCUT2D eigenvalue weighted by atomic mass is 32.2. The zero-order valence-electron chi connectivity index (χ0n) is 15.6. The molecule has 2 aliphatic heterocycles. The van der Waals surface area contributed by atoms with Crippen LogP contribution in [0, 0.1) is 12.8 Å². The van der Waals surface area contributed by atoms with E-state index in [4.69, 9.17) is 0 Å². The van der Waals surface area contributed by atoms with Crippen LogP contribution in [-0.4, -0.2) is 62.2 Å². The van der Waals surface area contributed by atoms with Crippen LogP contribution in [0.2, 0.25) is 0 Å². The molecule has 0 aromatic carbocycles. The summed E-state index contributed by atoms with van der Waals surface area (Å²) in [6.45, 7) is 4.44. The Labute approximate surface area is 164 Å². The first-order valence-electron chi connectivity index (χ1n) is 9.50. The third kappa shape index (κ3) is 4.89. The number of amides is 2. The fourth-order valence-corrected chi connectivity index (χ4v) is 6.58. The van der Waals surface area contributed by atoms with Crippen molar-refractivity contribution in [3.63, 3.8) is 0 Å². The molecule has 7 nitrogen and oxygen atoms in total. The first-order valence-corrected chi connectivity index (χ1v) is 11.8. The average molecular weight is 414 g/mol. The molecule has 2 fully saturated rings. The number of carbonyl (C=O) groups is 2. The lowest BCUT2D eigenvalue weighted by Gasteiger charge is -2.30. The average Bonchev–Trinajstić information content (AvgIpc) is 3.33. The second kappa shape index (κ2) is 8.70. The molecule has 150 valence electrons. The smallest absolute Gasteiger partial charge is 0.252 e. The lowest BCUT2D eigenvalue weighted by molar-refractivity contribution is -0.130. The van der Waals surface area contributed by atoms with Crippen LogP contribution in [0.25, 0.3) is 0 Å². The molecule has 0 spiro atoms. The van der Waals surface area contributed by atoms with Crippen molar-refractivity contribution in [3.05, 3.63) is 17.0 Å². The lowest BCUT2D eigenvalue weighted by Crippen LogP contribution is -2.45. The van der Waals surface area contributed by atoms with Gasteiger partial charge in [0.05, 0.1) is 5.92 Å². The Morgan fingerprint density at radius 1 is 1.19 bits per heavy atom. The van der Waals surface area contributed by atoms with Crippen LogP contribution in [0.3, 0.4) is 0 Å². The molecule has 2 saturated heterocycles. The number of hydrogen-bond donors (Lipinski definition) is 1. The van der Waals surface area contributed by atoms with Crippen molar-refractivity contribution >= 4 is 33.2 Å². The highest BCUT2D eigenvalue weighted by Crippen LogP contribution is 2.28. The minimum absolute atomic E-state index is 0.0775. The van der Waals surface area contributed by atoms with Gasteiger partial charge in [0.2, 0.25) is 11.8 Å². The number of thiophene rings is 1. The number of likely N-dealkylation sites (tertiary alicyclic amines) is 1. The van der Waals surface area contributed by atoms with Gasteiger partial charge in [-0.05, 0) is 44.7 Å². The predicted octanol–water partition coefficient (Wildman–Crippen LogP) is 1.59. The minimum atomic E-state index is -3.54. The minimum Gasteiger partial charge on any atom is -0.355 e. The van der Waals surface area contributed by atoms with E-state index in [0.29, 0.717) is 36.6 Å². The summed E-state index contributed by atoms with van der Waals surface area (Å²) in [6, 6.07) is 3.42. The Balaban J connectivity index is 1.51. The van der Waals surface area contributed by atoms with Crippen molar-refractivity contribution < 1.29 is 18.0 Å². The molecule has 0 aliphatic carbocycles. The summed E-state index contributed by atoms with van der Waals surface area (Å²) in [5.41, 5.74) is 0. The first kappa shape index (κ1) is 20.3. The van der Waals surface area contributed by atoms with E-state index in [1.807, 2.05) is 11.8 Å². The third-order valence-corrected chi connectivity index (χ3v) is 8.49. The van der Waals surface area contributed by atoms with Gasteiger partial charge in [0.25, 0.3) is 10.0 Å². The molecule has 0 radical (unpaired) electrons. The molecule has 3 rings (SSSR count). The van der Waals surface area contributed by atoms with E-state index in [0.717, 1.165) is 30.8 Å². The summed E-state index contributed by atoms with van der Waals surface area (Å²) in [5.74, 6) is -0.448.